The Kier molecular flexibility index (Phi) is 4.62. The number of hydrogen-bond acceptors (Lipinski definition) is 5. The van der Waals surface area contributed by atoms with E-state index in [9.17, 15) is 14.4 Å². The first kappa shape index (κ1) is 16.1. The predicted molar refractivity (Wildman–Crippen MR) is 92.6 cm³/mol. The van der Waals surface area contributed by atoms with Crippen molar-refractivity contribution in [3.63, 3.8) is 0 Å². The number of rotatable bonds is 4. The minimum atomic E-state index is -0.559. The maximum absolute atomic E-state index is 12.9. The average Bonchev–Trinajstić information content (AvgIpc) is 2.64. The van der Waals surface area contributed by atoms with E-state index in [4.69, 9.17) is 0 Å². The van der Waals surface area contributed by atoms with Crippen molar-refractivity contribution in [2.24, 2.45) is 5.10 Å². The van der Waals surface area contributed by atoms with Gasteiger partial charge in [-0.15, -0.1) is 0 Å². The molecule has 0 amide bonds. The molecule has 122 valence electrons. The van der Waals surface area contributed by atoms with Gasteiger partial charge in [-0.25, -0.2) is 14.8 Å². The van der Waals surface area contributed by atoms with Crippen molar-refractivity contribution in [2.75, 3.05) is 5.43 Å². The maximum atomic E-state index is 12.9. The normalized spacial score (nSPS) is 10.6. The number of hydrogen-bond donors (Lipinski definition) is 2. The van der Waals surface area contributed by atoms with Gasteiger partial charge in [0.2, 0.25) is 5.95 Å². The van der Waals surface area contributed by atoms with Crippen LogP contribution in [0.2, 0.25) is 0 Å². The minimum absolute atomic E-state index is 0.0701. The van der Waals surface area contributed by atoms with Crippen molar-refractivity contribution in [2.45, 2.75) is 0 Å². The molecule has 3 aromatic rings. The highest BCUT2D eigenvalue weighted by molar-refractivity contribution is 5.80. The van der Waals surface area contributed by atoms with Crippen LogP contribution in [-0.2, 0) is 0 Å². The number of nitrogens with one attached hydrogen (secondary N) is 2. The maximum Gasteiger partial charge on any atom is 0.270 e. The molecule has 0 fully saturated rings. The highest BCUT2D eigenvalue weighted by Gasteiger charge is 2.12. The number of anilines is 1. The summed E-state index contributed by atoms with van der Waals surface area (Å²) in [6.45, 7) is 0. The second-order valence-corrected chi connectivity index (χ2v) is 5.04. The van der Waals surface area contributed by atoms with E-state index in [1.807, 2.05) is 12.1 Å². The van der Waals surface area contributed by atoms with Crippen LogP contribution in [0, 0.1) is 17.1 Å². The minimum Gasteiger partial charge on any atom is -0.290 e. The van der Waals surface area contributed by atoms with Gasteiger partial charge in [-0.3, -0.25) is 9.78 Å². The van der Waals surface area contributed by atoms with E-state index < -0.39 is 5.56 Å². The second-order valence-electron chi connectivity index (χ2n) is 5.04. The molecule has 0 saturated carbocycles. The van der Waals surface area contributed by atoms with Crippen molar-refractivity contribution in [3.8, 4) is 17.3 Å². The summed E-state index contributed by atoms with van der Waals surface area (Å²) < 4.78 is 12.9. The first-order valence-corrected chi connectivity index (χ1v) is 7.32. The smallest absolute Gasteiger partial charge is 0.270 e. The fourth-order valence-corrected chi connectivity index (χ4v) is 2.15. The Balaban J connectivity index is 1.90. The standard InChI is InChI=1S/C18H12FN5O/c19-14-8-6-12(7-9-14)11-21-24-18-22-16(13-4-2-1-3-5-13)15(10-20)17(25)23-18/h1-9,11H,(H2,22,23,24,25). The molecule has 0 saturated heterocycles. The number of benzene rings is 2. The van der Waals surface area contributed by atoms with Crippen LogP contribution in [0.4, 0.5) is 10.3 Å². The third-order valence-corrected chi connectivity index (χ3v) is 3.33. The molecule has 1 heterocycles. The predicted octanol–water partition coefficient (Wildman–Crippen LogP) is 2.89. The molecule has 0 aliphatic rings. The Morgan fingerprint density at radius 1 is 1.16 bits per heavy atom. The Morgan fingerprint density at radius 2 is 1.88 bits per heavy atom. The third-order valence-electron chi connectivity index (χ3n) is 3.33. The number of nitrogens with zero attached hydrogens (tertiary/aromatic N) is 3. The molecule has 0 aliphatic carbocycles. The molecule has 1 aromatic heterocycles. The zero-order chi connectivity index (χ0) is 17.6. The summed E-state index contributed by atoms with van der Waals surface area (Å²) in [6.07, 6.45) is 1.46. The van der Waals surface area contributed by atoms with Gasteiger partial charge < -0.3 is 0 Å². The van der Waals surface area contributed by atoms with Crippen LogP contribution >= 0.6 is 0 Å². The van der Waals surface area contributed by atoms with E-state index >= 15 is 0 Å². The van der Waals surface area contributed by atoms with E-state index in [1.54, 1.807) is 36.4 Å². The summed E-state index contributed by atoms with van der Waals surface area (Å²) >= 11 is 0. The number of H-pyrrole nitrogens is 1. The Hall–Kier alpha value is -3.79. The van der Waals surface area contributed by atoms with Crippen molar-refractivity contribution < 1.29 is 4.39 Å². The quantitative estimate of drug-likeness (QED) is 0.567. The van der Waals surface area contributed by atoms with Crippen molar-refractivity contribution in [1.29, 1.82) is 5.26 Å². The number of halogens is 1. The molecule has 6 nitrogen and oxygen atoms in total. The molecule has 0 unspecified atom stereocenters. The summed E-state index contributed by atoms with van der Waals surface area (Å²) in [6, 6.07) is 16.5. The highest BCUT2D eigenvalue weighted by atomic mass is 19.1. The van der Waals surface area contributed by atoms with E-state index in [1.165, 1.54) is 18.3 Å². The van der Waals surface area contributed by atoms with E-state index in [0.717, 1.165) is 0 Å². The summed E-state index contributed by atoms with van der Waals surface area (Å²) in [4.78, 5) is 18.8. The molecule has 2 aromatic carbocycles. The van der Waals surface area contributed by atoms with Gasteiger partial charge in [0, 0.05) is 5.56 Å². The van der Waals surface area contributed by atoms with Gasteiger partial charge in [-0.1, -0.05) is 42.5 Å². The first-order chi connectivity index (χ1) is 12.2. The molecule has 0 bridgehead atoms. The molecule has 0 atom stereocenters. The van der Waals surface area contributed by atoms with Crippen molar-refractivity contribution in [1.82, 2.24) is 9.97 Å². The number of aromatic nitrogens is 2. The average molecular weight is 333 g/mol. The number of nitriles is 1. The molecule has 0 spiro atoms. The Labute approximate surface area is 142 Å². The fourth-order valence-electron chi connectivity index (χ4n) is 2.15. The van der Waals surface area contributed by atoms with Gasteiger partial charge in [-0.05, 0) is 17.7 Å². The SMILES string of the molecule is N#Cc1c(-c2ccccc2)nc(NN=Cc2ccc(F)cc2)[nH]c1=O. The Morgan fingerprint density at radius 3 is 2.56 bits per heavy atom. The van der Waals surface area contributed by atoms with Gasteiger partial charge in [0.25, 0.3) is 5.56 Å². The first-order valence-electron chi connectivity index (χ1n) is 7.32. The highest BCUT2D eigenvalue weighted by Crippen LogP contribution is 2.19. The van der Waals surface area contributed by atoms with Gasteiger partial charge in [-0.2, -0.15) is 10.4 Å². The molecule has 7 heteroatoms. The molecule has 3 rings (SSSR count). The summed E-state index contributed by atoms with van der Waals surface area (Å²) in [5.41, 5.74) is 3.57. The molecule has 2 N–H and O–H groups in total. The van der Waals surface area contributed by atoms with Gasteiger partial charge >= 0.3 is 0 Å². The lowest BCUT2D eigenvalue weighted by atomic mass is 10.1. The van der Waals surface area contributed by atoms with E-state index in [-0.39, 0.29) is 23.0 Å². The zero-order valence-electron chi connectivity index (χ0n) is 12.9. The van der Waals surface area contributed by atoms with Crippen molar-refractivity contribution >= 4 is 12.2 Å². The molecule has 25 heavy (non-hydrogen) atoms. The monoisotopic (exact) mass is 333 g/mol. The van der Waals surface area contributed by atoms with Crippen LogP contribution in [0.15, 0.2) is 64.5 Å². The van der Waals surface area contributed by atoms with Crippen LogP contribution < -0.4 is 11.0 Å². The molecule has 0 radical (unpaired) electrons. The largest absolute Gasteiger partial charge is 0.290 e. The summed E-state index contributed by atoms with van der Waals surface area (Å²) in [7, 11) is 0. The Bertz CT molecular complexity index is 1000. The van der Waals surface area contributed by atoms with Crippen LogP contribution in [-0.4, -0.2) is 16.2 Å². The van der Waals surface area contributed by atoms with E-state index in [2.05, 4.69) is 20.5 Å². The van der Waals surface area contributed by atoms with Crippen LogP contribution in [0.3, 0.4) is 0 Å². The van der Waals surface area contributed by atoms with Gasteiger partial charge in [0.15, 0.2) is 0 Å². The van der Waals surface area contributed by atoms with Crippen molar-refractivity contribution in [3.05, 3.63) is 81.9 Å². The fraction of sp³-hybridized carbons (Fsp3) is 0. The van der Waals surface area contributed by atoms with Gasteiger partial charge in [0.1, 0.15) is 17.4 Å². The van der Waals surface area contributed by atoms with Crippen LogP contribution in [0.1, 0.15) is 11.1 Å². The topological polar surface area (TPSA) is 93.9 Å². The number of hydrazone groups is 1. The lowest BCUT2D eigenvalue weighted by Gasteiger charge is -2.05. The van der Waals surface area contributed by atoms with Crippen LogP contribution in [0.25, 0.3) is 11.3 Å². The second kappa shape index (κ2) is 7.19. The molecular formula is C18H12FN5O. The summed E-state index contributed by atoms with van der Waals surface area (Å²) in [5, 5.41) is 13.2. The lowest BCUT2D eigenvalue weighted by molar-refractivity contribution is 0.628. The molecular weight excluding hydrogens is 321 g/mol. The van der Waals surface area contributed by atoms with Gasteiger partial charge in [0.05, 0.1) is 11.9 Å². The summed E-state index contributed by atoms with van der Waals surface area (Å²) in [5.74, 6) is -0.239. The third kappa shape index (κ3) is 3.76. The number of aromatic amines is 1. The lowest BCUT2D eigenvalue weighted by Crippen LogP contribution is -2.16. The molecule has 0 aliphatic heterocycles. The van der Waals surface area contributed by atoms with Crippen LogP contribution in [0.5, 0.6) is 0 Å². The zero-order valence-corrected chi connectivity index (χ0v) is 12.9. The van der Waals surface area contributed by atoms with E-state index in [0.29, 0.717) is 11.1 Å².